The SMILES string of the molecule is CC(NC(=O)[C@@H]1CC2(CN1C(=O)CNC(=O)c1ccc3c(c1)-c1ccccc1C3(F)F)OCCO2)c1cc(C#N)cs1. The Morgan fingerprint density at radius 1 is 1.12 bits per heavy atom. The molecule has 1 aromatic heterocycles. The summed E-state index contributed by atoms with van der Waals surface area (Å²) >= 11 is 1.35. The average molecular weight is 593 g/mol. The van der Waals surface area contributed by atoms with E-state index < -0.39 is 48.1 Å². The van der Waals surface area contributed by atoms with E-state index >= 15 is 0 Å². The molecule has 1 spiro atoms. The first-order valence-electron chi connectivity index (χ1n) is 13.4. The number of nitrogens with zero attached hydrogens (tertiary/aromatic N) is 2. The van der Waals surface area contributed by atoms with Gasteiger partial charge in [0.25, 0.3) is 11.8 Å². The maximum atomic E-state index is 14.9. The predicted molar refractivity (Wildman–Crippen MR) is 148 cm³/mol. The van der Waals surface area contributed by atoms with E-state index in [0.29, 0.717) is 24.3 Å². The van der Waals surface area contributed by atoms with Crippen LogP contribution in [0.3, 0.4) is 0 Å². The summed E-state index contributed by atoms with van der Waals surface area (Å²) in [7, 11) is 0. The second kappa shape index (κ2) is 10.6. The smallest absolute Gasteiger partial charge is 0.299 e. The Labute approximate surface area is 244 Å². The van der Waals surface area contributed by atoms with Crippen molar-refractivity contribution < 1.29 is 32.6 Å². The molecule has 2 atom stereocenters. The van der Waals surface area contributed by atoms with Crippen molar-refractivity contribution >= 4 is 29.1 Å². The molecule has 2 N–H and O–H groups in total. The number of likely N-dealkylation sites (tertiary alicyclic amines) is 1. The third-order valence-electron chi connectivity index (χ3n) is 7.84. The molecule has 1 unspecified atom stereocenters. The molecular formula is C30H26F2N4O5S. The van der Waals surface area contributed by atoms with Crippen LogP contribution in [-0.2, 0) is 25.0 Å². The van der Waals surface area contributed by atoms with Crippen LogP contribution in [0.25, 0.3) is 11.1 Å². The standard InChI is InChI=1S/C30H26F2N4O5S/c1-17(25-10-18(13-33)15-42-25)35-28(39)24-12-29(40-8-9-41-29)16-36(24)26(37)14-34-27(38)19-6-7-23-21(11-19)20-4-2-3-5-22(20)30(23,31)32/h2-7,10-11,15,17,24H,8-9,12,14,16H2,1H3,(H,34,38)(H,35,39)/t17?,24-/m0/s1. The Kier molecular flexibility index (Phi) is 7.04. The summed E-state index contributed by atoms with van der Waals surface area (Å²) in [5.41, 5.74) is 0.962. The van der Waals surface area contributed by atoms with Crippen molar-refractivity contribution in [3.05, 3.63) is 81.0 Å². The fourth-order valence-electron chi connectivity index (χ4n) is 5.74. The second-order valence-corrected chi connectivity index (χ2v) is 11.4. The highest BCUT2D eigenvalue weighted by atomic mass is 32.1. The van der Waals surface area contributed by atoms with Crippen molar-refractivity contribution in [2.75, 3.05) is 26.3 Å². The molecule has 0 bridgehead atoms. The minimum absolute atomic E-state index is 0.0104. The van der Waals surface area contributed by atoms with Gasteiger partial charge in [-0.2, -0.15) is 14.0 Å². The van der Waals surface area contributed by atoms with Gasteiger partial charge in [-0.1, -0.05) is 30.3 Å². The number of fused-ring (bicyclic) bond motifs is 3. The van der Waals surface area contributed by atoms with Crippen molar-refractivity contribution in [2.24, 2.45) is 0 Å². The summed E-state index contributed by atoms with van der Waals surface area (Å²) in [5.74, 6) is -5.82. The number of nitriles is 1. The number of carbonyl (C=O) groups excluding carboxylic acids is 3. The lowest BCUT2D eigenvalue weighted by atomic mass is 10.0. The van der Waals surface area contributed by atoms with Crippen LogP contribution in [0.1, 0.15) is 51.3 Å². The van der Waals surface area contributed by atoms with E-state index in [4.69, 9.17) is 14.7 Å². The lowest BCUT2D eigenvalue weighted by Crippen LogP contribution is -2.49. The van der Waals surface area contributed by atoms with Crippen LogP contribution in [0.4, 0.5) is 8.78 Å². The van der Waals surface area contributed by atoms with Gasteiger partial charge in [-0.3, -0.25) is 14.4 Å². The first kappa shape index (κ1) is 28.0. The highest BCUT2D eigenvalue weighted by molar-refractivity contribution is 7.10. The normalized spacial score (nSPS) is 20.0. The molecule has 2 aliphatic heterocycles. The minimum atomic E-state index is -3.17. The van der Waals surface area contributed by atoms with Gasteiger partial charge in [-0.25, -0.2) is 0 Å². The third-order valence-corrected chi connectivity index (χ3v) is 8.95. The number of hydrogen-bond donors (Lipinski definition) is 2. The van der Waals surface area contributed by atoms with E-state index in [2.05, 4.69) is 16.7 Å². The first-order chi connectivity index (χ1) is 20.1. The molecular weight excluding hydrogens is 566 g/mol. The molecule has 2 fully saturated rings. The highest BCUT2D eigenvalue weighted by Crippen LogP contribution is 2.51. The van der Waals surface area contributed by atoms with E-state index in [1.165, 1.54) is 40.5 Å². The van der Waals surface area contributed by atoms with Gasteiger partial charge >= 0.3 is 0 Å². The van der Waals surface area contributed by atoms with Gasteiger partial charge in [0.2, 0.25) is 11.8 Å². The predicted octanol–water partition coefficient (Wildman–Crippen LogP) is 3.69. The van der Waals surface area contributed by atoms with E-state index in [9.17, 15) is 23.2 Å². The van der Waals surface area contributed by atoms with Gasteiger partial charge in [0.05, 0.1) is 37.9 Å². The maximum absolute atomic E-state index is 14.9. The van der Waals surface area contributed by atoms with Gasteiger partial charge in [0.1, 0.15) is 12.1 Å². The number of carbonyl (C=O) groups is 3. The van der Waals surface area contributed by atoms with Gasteiger partial charge in [-0.05, 0) is 36.2 Å². The van der Waals surface area contributed by atoms with Crippen LogP contribution in [0.2, 0.25) is 0 Å². The number of nitrogens with one attached hydrogen (secondary N) is 2. The molecule has 0 saturated carbocycles. The van der Waals surface area contributed by atoms with Gasteiger partial charge in [0.15, 0.2) is 5.79 Å². The molecule has 6 rings (SSSR count). The zero-order valence-corrected chi connectivity index (χ0v) is 23.3. The summed E-state index contributed by atoms with van der Waals surface area (Å²) in [6.45, 7) is 2.03. The topological polar surface area (TPSA) is 121 Å². The number of hydrogen-bond acceptors (Lipinski definition) is 7. The highest BCUT2D eigenvalue weighted by Gasteiger charge is 2.52. The quantitative estimate of drug-likeness (QED) is 0.451. The number of benzene rings is 2. The fourth-order valence-corrected chi connectivity index (χ4v) is 6.58. The Morgan fingerprint density at radius 2 is 1.86 bits per heavy atom. The molecule has 2 aromatic carbocycles. The number of halogens is 2. The fraction of sp³-hybridized carbons (Fsp3) is 0.333. The zero-order chi connectivity index (χ0) is 29.6. The number of thiophene rings is 1. The molecule has 216 valence electrons. The summed E-state index contributed by atoms with van der Waals surface area (Å²) in [6, 6.07) is 12.6. The molecule has 3 amide bonds. The number of alkyl halides is 2. The van der Waals surface area contributed by atoms with Crippen LogP contribution in [0, 0.1) is 11.3 Å². The molecule has 0 radical (unpaired) electrons. The Bertz CT molecular complexity index is 1630. The molecule has 1 aliphatic carbocycles. The van der Waals surface area contributed by atoms with Gasteiger partial charge in [-0.15, -0.1) is 11.3 Å². The van der Waals surface area contributed by atoms with E-state index in [-0.39, 0.29) is 35.2 Å². The molecule has 3 aromatic rings. The molecule has 9 nitrogen and oxygen atoms in total. The molecule has 3 heterocycles. The molecule has 42 heavy (non-hydrogen) atoms. The summed E-state index contributed by atoms with van der Waals surface area (Å²) in [6.07, 6.45) is 0.123. The van der Waals surface area contributed by atoms with Crippen molar-refractivity contribution in [3.63, 3.8) is 0 Å². The largest absolute Gasteiger partial charge is 0.347 e. The molecule has 12 heteroatoms. The van der Waals surface area contributed by atoms with E-state index in [0.717, 1.165) is 4.88 Å². The van der Waals surface area contributed by atoms with Crippen molar-refractivity contribution in [1.29, 1.82) is 5.26 Å². The van der Waals surface area contributed by atoms with Crippen LogP contribution in [0.15, 0.2) is 53.9 Å². The molecule has 2 saturated heterocycles. The first-order valence-corrected chi connectivity index (χ1v) is 14.3. The van der Waals surface area contributed by atoms with Crippen molar-refractivity contribution in [2.45, 2.75) is 37.1 Å². The van der Waals surface area contributed by atoms with Crippen LogP contribution in [0.5, 0.6) is 0 Å². The van der Waals surface area contributed by atoms with Gasteiger partial charge in [0, 0.05) is 33.4 Å². The monoisotopic (exact) mass is 592 g/mol. The van der Waals surface area contributed by atoms with E-state index in [1.807, 2.05) is 0 Å². The minimum Gasteiger partial charge on any atom is -0.347 e. The summed E-state index contributed by atoms with van der Waals surface area (Å²) < 4.78 is 41.3. The summed E-state index contributed by atoms with van der Waals surface area (Å²) in [5, 5.41) is 16.3. The lowest BCUT2D eigenvalue weighted by Gasteiger charge is -2.25. The molecule has 3 aliphatic rings. The van der Waals surface area contributed by atoms with Crippen LogP contribution < -0.4 is 10.6 Å². The maximum Gasteiger partial charge on any atom is 0.299 e. The number of amides is 3. The zero-order valence-electron chi connectivity index (χ0n) is 22.5. The van der Waals surface area contributed by atoms with Crippen LogP contribution >= 0.6 is 11.3 Å². The average Bonchev–Trinajstić information content (AvgIpc) is 3.78. The van der Waals surface area contributed by atoms with Gasteiger partial charge < -0.3 is 25.0 Å². The second-order valence-electron chi connectivity index (χ2n) is 10.5. The Hall–Kier alpha value is -4.18. The Balaban J connectivity index is 1.15. The lowest BCUT2D eigenvalue weighted by molar-refractivity contribution is -0.152. The van der Waals surface area contributed by atoms with Crippen LogP contribution in [-0.4, -0.2) is 60.8 Å². The van der Waals surface area contributed by atoms with Crippen molar-refractivity contribution in [1.82, 2.24) is 15.5 Å². The number of ether oxygens (including phenoxy) is 2. The Morgan fingerprint density at radius 3 is 2.60 bits per heavy atom. The third kappa shape index (κ3) is 4.83. The van der Waals surface area contributed by atoms with E-state index in [1.54, 1.807) is 36.6 Å². The van der Waals surface area contributed by atoms with Crippen molar-refractivity contribution in [3.8, 4) is 17.2 Å². The number of rotatable bonds is 6. The summed E-state index contributed by atoms with van der Waals surface area (Å²) in [4.78, 5) is 41.9.